The van der Waals surface area contributed by atoms with E-state index < -0.39 is 0 Å². The number of carbonyl (C=O) groups excluding carboxylic acids is 1. The fraction of sp³-hybridized carbons (Fsp3) is 0.667. The van der Waals surface area contributed by atoms with Crippen LogP contribution in [0.2, 0.25) is 0 Å². The van der Waals surface area contributed by atoms with Gasteiger partial charge in [-0.2, -0.15) is 0 Å². The van der Waals surface area contributed by atoms with Crippen LogP contribution in [0.1, 0.15) is 27.2 Å². The van der Waals surface area contributed by atoms with Crippen molar-refractivity contribution in [2.75, 3.05) is 0 Å². The van der Waals surface area contributed by atoms with Gasteiger partial charge in [-0.15, -0.1) is 6.58 Å². The molecule has 0 heterocycles. The predicted molar refractivity (Wildman–Crippen MR) is 45.2 cm³/mol. The Balaban J connectivity index is 3.89. The van der Waals surface area contributed by atoms with E-state index in [9.17, 15) is 4.79 Å². The minimum atomic E-state index is -0.169. The molecular formula is C9H16O2. The Hall–Kier alpha value is -0.790. The van der Waals surface area contributed by atoms with Crippen molar-refractivity contribution in [3.8, 4) is 0 Å². The largest absolute Gasteiger partial charge is 0.463 e. The monoisotopic (exact) mass is 156 g/mol. The summed E-state index contributed by atoms with van der Waals surface area (Å²) in [6.45, 7) is 9.18. The van der Waals surface area contributed by atoms with Crippen molar-refractivity contribution in [1.29, 1.82) is 0 Å². The fourth-order valence-corrected chi connectivity index (χ4v) is 0.749. The molecule has 0 saturated heterocycles. The molecule has 0 rings (SSSR count). The van der Waals surface area contributed by atoms with Crippen molar-refractivity contribution in [3.63, 3.8) is 0 Å². The highest BCUT2D eigenvalue weighted by molar-refractivity contribution is 5.74. The van der Waals surface area contributed by atoms with E-state index in [0.717, 1.165) is 6.42 Å². The second-order valence-electron chi connectivity index (χ2n) is 2.74. The summed E-state index contributed by atoms with van der Waals surface area (Å²) in [5, 5.41) is 0. The first-order valence-electron chi connectivity index (χ1n) is 3.94. The van der Waals surface area contributed by atoms with Gasteiger partial charge in [0, 0.05) is 0 Å². The normalized spacial score (nSPS) is 12.7. The Morgan fingerprint density at radius 2 is 2.18 bits per heavy atom. The predicted octanol–water partition coefficient (Wildman–Crippen LogP) is 2.15. The topological polar surface area (TPSA) is 26.3 Å². The zero-order valence-corrected chi connectivity index (χ0v) is 7.46. The highest BCUT2D eigenvalue weighted by Gasteiger charge is 2.14. The Morgan fingerprint density at radius 3 is 2.45 bits per heavy atom. The number of rotatable bonds is 4. The summed E-state index contributed by atoms with van der Waals surface area (Å²) in [5.74, 6) is -0.310. The number of hydrogen-bond donors (Lipinski definition) is 0. The summed E-state index contributed by atoms with van der Waals surface area (Å²) in [6, 6.07) is 0. The third-order valence-electron chi connectivity index (χ3n) is 1.38. The van der Waals surface area contributed by atoms with Crippen LogP contribution >= 0.6 is 0 Å². The molecule has 0 aliphatic heterocycles. The Bertz CT molecular complexity index is 138. The van der Waals surface area contributed by atoms with Crippen molar-refractivity contribution in [2.45, 2.75) is 33.3 Å². The van der Waals surface area contributed by atoms with Crippen LogP contribution in [0.25, 0.3) is 0 Å². The SMILES string of the molecule is C=CC(CC)C(=O)OC(C)C. The van der Waals surface area contributed by atoms with Gasteiger partial charge in [0.15, 0.2) is 0 Å². The molecule has 0 radical (unpaired) electrons. The fourth-order valence-electron chi connectivity index (χ4n) is 0.749. The van der Waals surface area contributed by atoms with Gasteiger partial charge in [0.25, 0.3) is 0 Å². The van der Waals surface area contributed by atoms with Gasteiger partial charge in [-0.3, -0.25) is 4.79 Å². The molecule has 0 N–H and O–H groups in total. The molecule has 0 bridgehead atoms. The van der Waals surface area contributed by atoms with Gasteiger partial charge < -0.3 is 4.74 Å². The van der Waals surface area contributed by atoms with Crippen LogP contribution < -0.4 is 0 Å². The van der Waals surface area contributed by atoms with Crippen molar-refractivity contribution < 1.29 is 9.53 Å². The highest BCUT2D eigenvalue weighted by Crippen LogP contribution is 2.07. The summed E-state index contributed by atoms with van der Waals surface area (Å²) in [7, 11) is 0. The lowest BCUT2D eigenvalue weighted by atomic mass is 10.1. The van der Waals surface area contributed by atoms with Crippen molar-refractivity contribution >= 4 is 5.97 Å². The van der Waals surface area contributed by atoms with E-state index in [1.807, 2.05) is 20.8 Å². The van der Waals surface area contributed by atoms with E-state index in [2.05, 4.69) is 6.58 Å². The van der Waals surface area contributed by atoms with Gasteiger partial charge >= 0.3 is 5.97 Å². The van der Waals surface area contributed by atoms with Gasteiger partial charge in [0.1, 0.15) is 0 Å². The minimum Gasteiger partial charge on any atom is -0.463 e. The second-order valence-corrected chi connectivity index (χ2v) is 2.74. The first kappa shape index (κ1) is 10.2. The molecule has 2 heteroatoms. The van der Waals surface area contributed by atoms with Gasteiger partial charge in [-0.05, 0) is 20.3 Å². The van der Waals surface area contributed by atoms with Crippen LogP contribution in [0.15, 0.2) is 12.7 Å². The maximum Gasteiger partial charge on any atom is 0.313 e. The summed E-state index contributed by atoms with van der Waals surface area (Å²) < 4.78 is 4.98. The lowest BCUT2D eigenvalue weighted by molar-refractivity contribution is -0.150. The molecular weight excluding hydrogens is 140 g/mol. The summed E-state index contributed by atoms with van der Waals surface area (Å²) in [5.41, 5.74) is 0. The first-order chi connectivity index (χ1) is 5.11. The molecule has 0 aliphatic rings. The van der Waals surface area contributed by atoms with Gasteiger partial charge in [0.2, 0.25) is 0 Å². The average molecular weight is 156 g/mol. The molecule has 0 aromatic heterocycles. The molecule has 0 saturated carbocycles. The second kappa shape index (κ2) is 4.94. The van der Waals surface area contributed by atoms with E-state index in [4.69, 9.17) is 4.74 Å². The zero-order valence-electron chi connectivity index (χ0n) is 7.46. The molecule has 0 fully saturated rings. The quantitative estimate of drug-likeness (QED) is 0.460. The van der Waals surface area contributed by atoms with E-state index in [1.165, 1.54) is 0 Å². The lowest BCUT2D eigenvalue weighted by Crippen LogP contribution is -2.18. The molecule has 1 unspecified atom stereocenters. The van der Waals surface area contributed by atoms with Crippen LogP contribution in [0.4, 0.5) is 0 Å². The average Bonchev–Trinajstić information content (AvgIpc) is 1.88. The van der Waals surface area contributed by atoms with Crippen molar-refractivity contribution in [2.24, 2.45) is 5.92 Å². The molecule has 11 heavy (non-hydrogen) atoms. The van der Waals surface area contributed by atoms with Crippen molar-refractivity contribution in [1.82, 2.24) is 0 Å². The number of hydrogen-bond acceptors (Lipinski definition) is 2. The van der Waals surface area contributed by atoms with E-state index in [1.54, 1.807) is 6.08 Å². The number of carbonyl (C=O) groups is 1. The smallest absolute Gasteiger partial charge is 0.313 e. The highest BCUT2D eigenvalue weighted by atomic mass is 16.5. The maximum atomic E-state index is 11.1. The zero-order chi connectivity index (χ0) is 8.85. The summed E-state index contributed by atoms with van der Waals surface area (Å²) in [4.78, 5) is 11.1. The summed E-state index contributed by atoms with van der Waals surface area (Å²) in [6.07, 6.45) is 2.36. The third kappa shape index (κ3) is 3.81. The summed E-state index contributed by atoms with van der Waals surface area (Å²) >= 11 is 0. The third-order valence-corrected chi connectivity index (χ3v) is 1.38. The Labute approximate surface area is 68.2 Å². The van der Waals surface area contributed by atoms with Crippen LogP contribution in [0.3, 0.4) is 0 Å². The van der Waals surface area contributed by atoms with Crippen LogP contribution in [0, 0.1) is 5.92 Å². The maximum absolute atomic E-state index is 11.1. The molecule has 0 aromatic rings. The number of esters is 1. The van der Waals surface area contributed by atoms with Crippen LogP contribution in [-0.4, -0.2) is 12.1 Å². The number of ether oxygens (including phenoxy) is 1. The Kier molecular flexibility index (Phi) is 4.59. The minimum absolute atomic E-state index is 0.0310. The van der Waals surface area contributed by atoms with E-state index >= 15 is 0 Å². The molecule has 2 nitrogen and oxygen atoms in total. The van der Waals surface area contributed by atoms with E-state index in [0.29, 0.717) is 0 Å². The van der Waals surface area contributed by atoms with Gasteiger partial charge in [0.05, 0.1) is 12.0 Å². The van der Waals surface area contributed by atoms with Gasteiger partial charge in [-0.25, -0.2) is 0 Å². The van der Waals surface area contributed by atoms with Crippen LogP contribution in [0.5, 0.6) is 0 Å². The molecule has 0 amide bonds. The Morgan fingerprint density at radius 1 is 1.64 bits per heavy atom. The molecule has 64 valence electrons. The molecule has 0 aliphatic carbocycles. The molecule has 0 spiro atoms. The molecule has 1 atom stereocenters. The van der Waals surface area contributed by atoms with Crippen molar-refractivity contribution in [3.05, 3.63) is 12.7 Å². The standard InChI is InChI=1S/C9H16O2/c1-5-8(6-2)9(10)11-7(3)4/h5,7-8H,1,6H2,2-4H3. The first-order valence-corrected chi connectivity index (χ1v) is 3.94. The van der Waals surface area contributed by atoms with Crippen LogP contribution in [-0.2, 0) is 9.53 Å². The lowest BCUT2D eigenvalue weighted by Gasteiger charge is -2.12. The van der Waals surface area contributed by atoms with E-state index in [-0.39, 0.29) is 18.0 Å². The van der Waals surface area contributed by atoms with Gasteiger partial charge in [-0.1, -0.05) is 13.0 Å². The molecule has 0 aromatic carbocycles.